The maximum Gasteiger partial charge on any atom is 0.119 e. The molecule has 2 aliphatic carbocycles. The lowest BCUT2D eigenvalue weighted by atomic mass is 9.62. The van der Waals surface area contributed by atoms with Gasteiger partial charge in [-0.2, -0.15) is 0 Å². The summed E-state index contributed by atoms with van der Waals surface area (Å²) in [7, 11) is 1.75. The average Bonchev–Trinajstić information content (AvgIpc) is 2.84. The molecule has 0 saturated heterocycles. The van der Waals surface area contributed by atoms with Crippen molar-refractivity contribution in [2.75, 3.05) is 7.11 Å². The smallest absolute Gasteiger partial charge is 0.119 e. The standard InChI is InChI=1S/C21H30O/c1-14(2)20-17-11-9-16(22-5)13-15(17)8-10-18(20)19-7-6-12-21(19,3)4/h9,11,13,18-20H,1,6-8,10,12H2,2-5H3. The van der Waals surface area contributed by atoms with E-state index < -0.39 is 0 Å². The number of aryl methyl sites for hydroxylation is 1. The Bertz CT molecular complexity index is 569. The minimum absolute atomic E-state index is 0.488. The normalized spacial score (nSPS) is 29.9. The first-order chi connectivity index (χ1) is 10.4. The lowest BCUT2D eigenvalue weighted by Gasteiger charge is -2.43. The molecule has 1 fully saturated rings. The molecule has 0 radical (unpaired) electrons. The van der Waals surface area contributed by atoms with E-state index in [-0.39, 0.29) is 0 Å². The lowest BCUT2D eigenvalue weighted by Crippen LogP contribution is -2.33. The van der Waals surface area contributed by atoms with Crippen LogP contribution in [0, 0.1) is 17.3 Å². The van der Waals surface area contributed by atoms with E-state index in [0.717, 1.165) is 17.6 Å². The number of methoxy groups -OCH3 is 1. The molecule has 1 aromatic carbocycles. The number of hydrogen-bond acceptors (Lipinski definition) is 1. The van der Waals surface area contributed by atoms with Crippen LogP contribution in [0.3, 0.4) is 0 Å². The van der Waals surface area contributed by atoms with Crippen molar-refractivity contribution in [3.8, 4) is 5.75 Å². The predicted molar refractivity (Wildman–Crippen MR) is 93.5 cm³/mol. The molecule has 3 unspecified atom stereocenters. The van der Waals surface area contributed by atoms with Crippen LogP contribution in [0.15, 0.2) is 30.4 Å². The minimum atomic E-state index is 0.488. The van der Waals surface area contributed by atoms with Crippen molar-refractivity contribution in [1.29, 1.82) is 0 Å². The van der Waals surface area contributed by atoms with Gasteiger partial charge in [0, 0.05) is 5.92 Å². The van der Waals surface area contributed by atoms with E-state index in [1.165, 1.54) is 48.8 Å². The van der Waals surface area contributed by atoms with Crippen molar-refractivity contribution < 1.29 is 4.74 Å². The van der Waals surface area contributed by atoms with E-state index in [1.807, 2.05) is 0 Å². The van der Waals surface area contributed by atoms with Gasteiger partial charge in [0.15, 0.2) is 0 Å². The van der Waals surface area contributed by atoms with Gasteiger partial charge in [0.1, 0.15) is 5.75 Å². The van der Waals surface area contributed by atoms with Crippen LogP contribution in [0.1, 0.15) is 63.5 Å². The van der Waals surface area contributed by atoms with E-state index in [0.29, 0.717) is 11.3 Å². The van der Waals surface area contributed by atoms with Crippen molar-refractivity contribution >= 4 is 0 Å². The first kappa shape index (κ1) is 15.6. The summed E-state index contributed by atoms with van der Waals surface area (Å²) >= 11 is 0. The molecule has 1 heteroatoms. The molecule has 22 heavy (non-hydrogen) atoms. The summed E-state index contributed by atoms with van der Waals surface area (Å²) in [5.74, 6) is 3.11. The molecule has 0 spiro atoms. The van der Waals surface area contributed by atoms with Crippen molar-refractivity contribution in [2.45, 2.75) is 58.8 Å². The van der Waals surface area contributed by atoms with Crippen molar-refractivity contribution in [1.82, 2.24) is 0 Å². The molecule has 1 saturated carbocycles. The Kier molecular flexibility index (Phi) is 4.09. The fourth-order valence-electron chi connectivity index (χ4n) is 5.16. The number of ether oxygens (including phenoxy) is 1. The summed E-state index contributed by atoms with van der Waals surface area (Å²) < 4.78 is 5.41. The number of allylic oxidation sites excluding steroid dienone is 1. The predicted octanol–water partition coefficient (Wildman–Crippen LogP) is 5.74. The molecule has 0 bridgehead atoms. The number of fused-ring (bicyclic) bond motifs is 1. The van der Waals surface area contributed by atoms with Crippen molar-refractivity contribution in [2.24, 2.45) is 17.3 Å². The van der Waals surface area contributed by atoms with E-state index >= 15 is 0 Å². The summed E-state index contributed by atoms with van der Waals surface area (Å²) in [6, 6.07) is 6.65. The molecule has 0 heterocycles. The molecule has 2 aliphatic rings. The Morgan fingerprint density at radius 3 is 2.64 bits per heavy atom. The Morgan fingerprint density at radius 2 is 2.05 bits per heavy atom. The fraction of sp³-hybridized carbons (Fsp3) is 0.619. The molecule has 0 aromatic heterocycles. The molecule has 0 amide bonds. The first-order valence-electron chi connectivity index (χ1n) is 8.76. The van der Waals surface area contributed by atoms with Crippen LogP contribution in [-0.2, 0) is 6.42 Å². The van der Waals surface area contributed by atoms with Crippen LogP contribution in [0.4, 0.5) is 0 Å². The Hall–Kier alpha value is -1.24. The van der Waals surface area contributed by atoms with Gasteiger partial charge in [-0.15, -0.1) is 0 Å². The summed E-state index contributed by atoms with van der Waals surface area (Å²) in [5.41, 5.74) is 4.80. The number of benzene rings is 1. The zero-order valence-electron chi connectivity index (χ0n) is 14.6. The third-order valence-corrected chi connectivity index (χ3v) is 6.25. The Labute approximate surface area is 135 Å². The summed E-state index contributed by atoms with van der Waals surface area (Å²) in [6.07, 6.45) is 6.66. The first-order valence-corrected chi connectivity index (χ1v) is 8.76. The van der Waals surface area contributed by atoms with Crippen LogP contribution in [0.2, 0.25) is 0 Å². The van der Waals surface area contributed by atoms with Gasteiger partial charge in [0.2, 0.25) is 0 Å². The number of rotatable bonds is 3. The highest BCUT2D eigenvalue weighted by molar-refractivity contribution is 5.43. The molecule has 3 atom stereocenters. The zero-order chi connectivity index (χ0) is 15.9. The SMILES string of the molecule is C=C(C)C1c2ccc(OC)cc2CCC1C1CCCC1(C)C. The topological polar surface area (TPSA) is 9.23 Å². The van der Waals surface area contributed by atoms with Gasteiger partial charge in [-0.25, -0.2) is 0 Å². The molecule has 3 rings (SSSR count). The maximum atomic E-state index is 5.41. The van der Waals surface area contributed by atoms with E-state index in [1.54, 1.807) is 7.11 Å². The fourth-order valence-corrected chi connectivity index (χ4v) is 5.16. The van der Waals surface area contributed by atoms with Gasteiger partial charge in [0.25, 0.3) is 0 Å². The largest absolute Gasteiger partial charge is 0.497 e. The summed E-state index contributed by atoms with van der Waals surface area (Å²) in [4.78, 5) is 0. The molecule has 0 N–H and O–H groups in total. The van der Waals surface area contributed by atoms with E-state index in [4.69, 9.17) is 4.74 Å². The number of hydrogen-bond donors (Lipinski definition) is 0. The third kappa shape index (κ3) is 2.59. The van der Waals surface area contributed by atoms with E-state index in [2.05, 4.69) is 45.5 Å². The van der Waals surface area contributed by atoms with Crippen molar-refractivity contribution in [3.05, 3.63) is 41.5 Å². The molecule has 120 valence electrons. The highest BCUT2D eigenvalue weighted by Crippen LogP contribution is 2.54. The monoisotopic (exact) mass is 298 g/mol. The minimum Gasteiger partial charge on any atom is -0.497 e. The molecule has 1 aromatic rings. The highest BCUT2D eigenvalue weighted by Gasteiger charge is 2.44. The second-order valence-electron chi connectivity index (χ2n) is 8.08. The molecule has 1 nitrogen and oxygen atoms in total. The third-order valence-electron chi connectivity index (χ3n) is 6.25. The average molecular weight is 298 g/mol. The lowest BCUT2D eigenvalue weighted by molar-refractivity contribution is 0.148. The van der Waals surface area contributed by atoms with Crippen molar-refractivity contribution in [3.63, 3.8) is 0 Å². The molecule has 0 aliphatic heterocycles. The maximum absolute atomic E-state index is 5.41. The van der Waals surface area contributed by atoms with Gasteiger partial charge < -0.3 is 4.74 Å². The van der Waals surface area contributed by atoms with Crippen LogP contribution in [-0.4, -0.2) is 7.11 Å². The molecular weight excluding hydrogens is 268 g/mol. The Balaban J connectivity index is 1.98. The second kappa shape index (κ2) is 5.76. The van der Waals surface area contributed by atoms with Gasteiger partial charge in [-0.05, 0) is 73.1 Å². The van der Waals surface area contributed by atoms with E-state index in [9.17, 15) is 0 Å². The quantitative estimate of drug-likeness (QED) is 0.646. The summed E-state index contributed by atoms with van der Waals surface area (Å²) in [6.45, 7) is 11.5. The van der Waals surface area contributed by atoms with Crippen LogP contribution >= 0.6 is 0 Å². The summed E-state index contributed by atoms with van der Waals surface area (Å²) in [5, 5.41) is 0. The van der Waals surface area contributed by atoms with Crippen LogP contribution in [0.5, 0.6) is 5.75 Å². The highest BCUT2D eigenvalue weighted by atomic mass is 16.5. The van der Waals surface area contributed by atoms with Gasteiger partial charge in [0.05, 0.1) is 7.11 Å². The van der Waals surface area contributed by atoms with Crippen LogP contribution in [0.25, 0.3) is 0 Å². The molecular formula is C21H30O. The van der Waals surface area contributed by atoms with Gasteiger partial charge >= 0.3 is 0 Å². The van der Waals surface area contributed by atoms with Gasteiger partial charge in [-0.1, -0.05) is 38.5 Å². The van der Waals surface area contributed by atoms with Crippen LogP contribution < -0.4 is 4.74 Å². The Morgan fingerprint density at radius 1 is 1.27 bits per heavy atom. The van der Waals surface area contributed by atoms with Gasteiger partial charge in [-0.3, -0.25) is 0 Å². The zero-order valence-corrected chi connectivity index (χ0v) is 14.6. The second-order valence-corrected chi connectivity index (χ2v) is 8.08.